The Morgan fingerprint density at radius 1 is 1.00 bits per heavy atom. The van der Waals surface area contributed by atoms with Crippen molar-refractivity contribution in [1.29, 1.82) is 0 Å². The normalized spacial score (nSPS) is 10.7. The molecule has 0 saturated heterocycles. The van der Waals surface area contributed by atoms with Crippen LogP contribution in [0.3, 0.4) is 0 Å². The standard InChI is InChI=1S/C16H14ClNO2/c1-19-14-4-6-15(7-5-14)20-10-13-8-11-2-3-12(17)9-16(11)18-13/h2-9,18H,10H2,1H3. The van der Waals surface area contributed by atoms with Crippen LogP contribution in [0.4, 0.5) is 0 Å². The number of benzene rings is 2. The first kappa shape index (κ1) is 12.9. The highest BCUT2D eigenvalue weighted by atomic mass is 35.5. The van der Waals surface area contributed by atoms with Crippen molar-refractivity contribution in [2.24, 2.45) is 0 Å². The maximum absolute atomic E-state index is 5.97. The van der Waals surface area contributed by atoms with Crippen LogP contribution in [0.15, 0.2) is 48.5 Å². The summed E-state index contributed by atoms with van der Waals surface area (Å²) in [5, 5.41) is 1.85. The molecule has 0 aliphatic carbocycles. The lowest BCUT2D eigenvalue weighted by molar-refractivity contribution is 0.301. The smallest absolute Gasteiger partial charge is 0.128 e. The van der Waals surface area contributed by atoms with E-state index in [2.05, 4.69) is 11.1 Å². The van der Waals surface area contributed by atoms with E-state index in [1.807, 2.05) is 42.5 Å². The van der Waals surface area contributed by atoms with Crippen LogP contribution in [0.2, 0.25) is 5.02 Å². The molecule has 0 aliphatic heterocycles. The Kier molecular flexibility index (Phi) is 3.52. The molecule has 0 aliphatic rings. The Bertz CT molecular complexity index is 719. The first-order chi connectivity index (χ1) is 9.74. The molecule has 20 heavy (non-hydrogen) atoms. The van der Waals surface area contributed by atoms with Crippen molar-refractivity contribution in [3.63, 3.8) is 0 Å². The topological polar surface area (TPSA) is 34.2 Å². The van der Waals surface area contributed by atoms with Crippen molar-refractivity contribution in [3.8, 4) is 11.5 Å². The number of fused-ring (bicyclic) bond motifs is 1. The van der Waals surface area contributed by atoms with Gasteiger partial charge in [-0.2, -0.15) is 0 Å². The van der Waals surface area contributed by atoms with Crippen LogP contribution in [0.5, 0.6) is 11.5 Å². The molecule has 0 radical (unpaired) electrons. The number of aromatic amines is 1. The molecule has 0 unspecified atom stereocenters. The second-order valence-electron chi connectivity index (χ2n) is 4.49. The summed E-state index contributed by atoms with van der Waals surface area (Å²) in [6, 6.07) is 15.4. The summed E-state index contributed by atoms with van der Waals surface area (Å²) in [4.78, 5) is 3.30. The molecule has 0 spiro atoms. The van der Waals surface area contributed by atoms with E-state index < -0.39 is 0 Å². The molecule has 3 nitrogen and oxygen atoms in total. The van der Waals surface area contributed by atoms with E-state index >= 15 is 0 Å². The highest BCUT2D eigenvalue weighted by Crippen LogP contribution is 2.22. The van der Waals surface area contributed by atoms with Crippen LogP contribution in [-0.2, 0) is 6.61 Å². The van der Waals surface area contributed by atoms with Gasteiger partial charge in [0.25, 0.3) is 0 Å². The molecule has 0 amide bonds. The van der Waals surface area contributed by atoms with E-state index in [9.17, 15) is 0 Å². The van der Waals surface area contributed by atoms with Crippen molar-refractivity contribution >= 4 is 22.5 Å². The molecule has 1 heterocycles. The molecule has 0 saturated carbocycles. The third-order valence-electron chi connectivity index (χ3n) is 3.09. The molecule has 1 N–H and O–H groups in total. The highest BCUT2D eigenvalue weighted by molar-refractivity contribution is 6.31. The van der Waals surface area contributed by atoms with E-state index in [4.69, 9.17) is 21.1 Å². The fourth-order valence-corrected chi connectivity index (χ4v) is 2.24. The second-order valence-corrected chi connectivity index (χ2v) is 4.93. The molecule has 1 aromatic heterocycles. The van der Waals surface area contributed by atoms with Gasteiger partial charge in [-0.05, 0) is 47.9 Å². The summed E-state index contributed by atoms with van der Waals surface area (Å²) in [7, 11) is 1.64. The van der Waals surface area contributed by atoms with Crippen LogP contribution in [-0.4, -0.2) is 12.1 Å². The van der Waals surface area contributed by atoms with Crippen molar-refractivity contribution in [1.82, 2.24) is 4.98 Å². The average Bonchev–Trinajstić information content (AvgIpc) is 2.87. The van der Waals surface area contributed by atoms with Gasteiger partial charge in [-0.3, -0.25) is 0 Å². The number of hydrogen-bond donors (Lipinski definition) is 1. The quantitative estimate of drug-likeness (QED) is 0.771. The molecule has 3 aromatic rings. The van der Waals surface area contributed by atoms with E-state index in [1.165, 1.54) is 0 Å². The Labute approximate surface area is 122 Å². The van der Waals surface area contributed by atoms with Crippen LogP contribution in [0.1, 0.15) is 5.69 Å². The van der Waals surface area contributed by atoms with Gasteiger partial charge in [0.1, 0.15) is 18.1 Å². The molecule has 0 bridgehead atoms. The SMILES string of the molecule is COc1ccc(OCc2cc3ccc(Cl)cc3[nH]2)cc1. The number of hydrogen-bond acceptors (Lipinski definition) is 2. The summed E-state index contributed by atoms with van der Waals surface area (Å²) in [6.45, 7) is 0.485. The molecular formula is C16H14ClNO2. The molecule has 0 atom stereocenters. The van der Waals surface area contributed by atoms with Crippen molar-refractivity contribution in [2.75, 3.05) is 7.11 Å². The van der Waals surface area contributed by atoms with E-state index in [0.717, 1.165) is 33.1 Å². The largest absolute Gasteiger partial charge is 0.497 e. The van der Waals surface area contributed by atoms with E-state index in [1.54, 1.807) is 7.11 Å². The Morgan fingerprint density at radius 3 is 2.50 bits per heavy atom. The number of ether oxygens (including phenoxy) is 2. The maximum atomic E-state index is 5.97. The second kappa shape index (κ2) is 5.47. The third-order valence-corrected chi connectivity index (χ3v) is 3.33. The van der Waals surface area contributed by atoms with Gasteiger partial charge in [-0.1, -0.05) is 17.7 Å². The summed E-state index contributed by atoms with van der Waals surface area (Å²) in [6.07, 6.45) is 0. The molecule has 102 valence electrons. The van der Waals surface area contributed by atoms with Gasteiger partial charge in [0.2, 0.25) is 0 Å². The predicted molar refractivity (Wildman–Crippen MR) is 80.6 cm³/mol. The Balaban J connectivity index is 1.72. The highest BCUT2D eigenvalue weighted by Gasteiger charge is 2.02. The number of nitrogens with one attached hydrogen (secondary N) is 1. The molecule has 0 fully saturated rings. The zero-order chi connectivity index (χ0) is 13.9. The fourth-order valence-electron chi connectivity index (χ4n) is 2.07. The van der Waals surface area contributed by atoms with Gasteiger partial charge in [0.15, 0.2) is 0 Å². The summed E-state index contributed by atoms with van der Waals surface area (Å²) < 4.78 is 10.8. The van der Waals surface area contributed by atoms with Crippen molar-refractivity contribution in [3.05, 3.63) is 59.2 Å². The first-order valence-corrected chi connectivity index (χ1v) is 6.66. The van der Waals surface area contributed by atoms with Crippen molar-refractivity contribution < 1.29 is 9.47 Å². The van der Waals surface area contributed by atoms with Crippen LogP contribution in [0, 0.1) is 0 Å². The summed E-state index contributed by atoms with van der Waals surface area (Å²) in [5.41, 5.74) is 2.03. The summed E-state index contributed by atoms with van der Waals surface area (Å²) in [5.74, 6) is 1.63. The molecule has 4 heteroatoms. The number of aromatic nitrogens is 1. The lowest BCUT2D eigenvalue weighted by Crippen LogP contribution is -1.95. The number of methoxy groups -OCH3 is 1. The number of rotatable bonds is 4. The monoisotopic (exact) mass is 287 g/mol. The lowest BCUT2D eigenvalue weighted by atomic mass is 10.2. The maximum Gasteiger partial charge on any atom is 0.128 e. The summed E-state index contributed by atoms with van der Waals surface area (Å²) >= 11 is 5.97. The average molecular weight is 288 g/mol. The Morgan fingerprint density at radius 2 is 1.75 bits per heavy atom. The van der Waals surface area contributed by atoms with Gasteiger partial charge in [0.05, 0.1) is 12.8 Å². The minimum Gasteiger partial charge on any atom is -0.497 e. The minimum absolute atomic E-state index is 0.485. The van der Waals surface area contributed by atoms with Gasteiger partial charge in [-0.15, -0.1) is 0 Å². The van der Waals surface area contributed by atoms with Crippen LogP contribution in [0.25, 0.3) is 10.9 Å². The van der Waals surface area contributed by atoms with E-state index in [-0.39, 0.29) is 0 Å². The third kappa shape index (κ3) is 2.73. The fraction of sp³-hybridized carbons (Fsp3) is 0.125. The Hall–Kier alpha value is -2.13. The van der Waals surface area contributed by atoms with Gasteiger partial charge >= 0.3 is 0 Å². The predicted octanol–water partition coefficient (Wildman–Crippen LogP) is 4.41. The van der Waals surface area contributed by atoms with Crippen LogP contribution >= 0.6 is 11.6 Å². The van der Waals surface area contributed by atoms with Gasteiger partial charge in [-0.25, -0.2) is 0 Å². The molecule has 3 rings (SSSR count). The van der Waals surface area contributed by atoms with Gasteiger partial charge in [0, 0.05) is 10.5 Å². The van der Waals surface area contributed by atoms with Crippen LogP contribution < -0.4 is 9.47 Å². The zero-order valence-corrected chi connectivity index (χ0v) is 11.8. The first-order valence-electron chi connectivity index (χ1n) is 6.28. The van der Waals surface area contributed by atoms with E-state index in [0.29, 0.717) is 6.61 Å². The molecule has 2 aromatic carbocycles. The zero-order valence-electron chi connectivity index (χ0n) is 11.0. The number of H-pyrrole nitrogens is 1. The minimum atomic E-state index is 0.485. The van der Waals surface area contributed by atoms with Gasteiger partial charge < -0.3 is 14.5 Å². The molecular weight excluding hydrogens is 274 g/mol. The number of halogens is 1. The lowest BCUT2D eigenvalue weighted by Gasteiger charge is -2.05. The van der Waals surface area contributed by atoms with Crippen molar-refractivity contribution in [2.45, 2.75) is 6.61 Å².